The molecule has 3 aromatic rings. The molecule has 2 atom stereocenters. The number of carbonyl (C=O) groups is 2. The lowest BCUT2D eigenvalue weighted by molar-refractivity contribution is -0.122. The quantitative estimate of drug-likeness (QED) is 0.605. The van der Waals surface area contributed by atoms with Crippen LogP contribution in [0.15, 0.2) is 42.6 Å². The number of fused-ring (bicyclic) bond motifs is 2. The smallest absolute Gasteiger partial charge is 0.259 e. The topological polar surface area (TPSA) is 72.4 Å². The van der Waals surface area contributed by atoms with Crippen molar-refractivity contribution in [1.29, 1.82) is 0 Å². The number of amides is 2. The van der Waals surface area contributed by atoms with Gasteiger partial charge in [0.25, 0.3) is 11.8 Å². The van der Waals surface area contributed by atoms with E-state index in [1.54, 1.807) is 6.07 Å². The van der Waals surface area contributed by atoms with E-state index in [9.17, 15) is 9.59 Å². The highest BCUT2D eigenvalue weighted by molar-refractivity contribution is 6.50. The van der Waals surface area contributed by atoms with E-state index >= 15 is 4.39 Å². The lowest BCUT2D eigenvalue weighted by Crippen LogP contribution is -2.36. The van der Waals surface area contributed by atoms with E-state index in [1.807, 2.05) is 30.5 Å². The van der Waals surface area contributed by atoms with Gasteiger partial charge in [0.1, 0.15) is 11.6 Å². The minimum atomic E-state index is -0.592. The van der Waals surface area contributed by atoms with Crippen molar-refractivity contribution in [1.82, 2.24) is 15.2 Å². The lowest BCUT2D eigenvalue weighted by atomic mass is 9.93. The molecule has 1 fully saturated rings. The van der Waals surface area contributed by atoms with Crippen molar-refractivity contribution in [2.24, 2.45) is 0 Å². The Bertz CT molecular complexity index is 1360. The number of carbonyl (C=O) groups excluding carboxylic acids is 2. The van der Waals surface area contributed by atoms with Crippen LogP contribution in [0.4, 0.5) is 4.39 Å². The molecular weight excluding hydrogens is 421 g/mol. The third-order valence-corrected chi connectivity index (χ3v) is 6.99. The molecule has 7 heteroatoms. The molecule has 3 aliphatic heterocycles. The van der Waals surface area contributed by atoms with Crippen LogP contribution in [-0.4, -0.2) is 35.6 Å². The first kappa shape index (κ1) is 20.2. The molecule has 2 amide bonds. The van der Waals surface area contributed by atoms with Crippen LogP contribution in [0.25, 0.3) is 22.0 Å². The second-order valence-corrected chi connectivity index (χ2v) is 9.04. The molecule has 0 spiro atoms. The molecule has 6 rings (SSSR count). The summed E-state index contributed by atoms with van der Waals surface area (Å²) in [7, 11) is 0. The predicted molar refractivity (Wildman–Crippen MR) is 123 cm³/mol. The molecule has 2 N–H and O–H groups in total. The Morgan fingerprint density at radius 1 is 1.09 bits per heavy atom. The number of hydrogen-bond donors (Lipinski definition) is 2. The Morgan fingerprint density at radius 2 is 1.91 bits per heavy atom. The van der Waals surface area contributed by atoms with Gasteiger partial charge in [-0.2, -0.15) is 0 Å². The fourth-order valence-electron chi connectivity index (χ4n) is 5.47. The second kappa shape index (κ2) is 7.56. The van der Waals surface area contributed by atoms with Gasteiger partial charge in [0.05, 0.1) is 23.3 Å². The molecule has 4 heterocycles. The van der Waals surface area contributed by atoms with Crippen LogP contribution in [-0.2, 0) is 16.0 Å². The van der Waals surface area contributed by atoms with Crippen LogP contribution in [0.2, 0.25) is 0 Å². The summed E-state index contributed by atoms with van der Waals surface area (Å²) in [5, 5.41) is 6.75. The highest BCUT2D eigenvalue weighted by Gasteiger charge is 2.38. The fourth-order valence-corrected chi connectivity index (χ4v) is 5.47. The number of nitrogens with zero attached hydrogens (tertiary/aromatic N) is 1. The van der Waals surface area contributed by atoms with Crippen LogP contribution in [0.3, 0.4) is 0 Å². The van der Waals surface area contributed by atoms with Gasteiger partial charge in [0.2, 0.25) is 0 Å². The first-order valence-electron chi connectivity index (χ1n) is 11.4. The monoisotopic (exact) mass is 445 g/mol. The summed E-state index contributed by atoms with van der Waals surface area (Å²) in [6.07, 6.45) is 4.54. The highest BCUT2D eigenvalue weighted by Crippen LogP contribution is 2.43. The van der Waals surface area contributed by atoms with Crippen molar-refractivity contribution in [3.63, 3.8) is 0 Å². The Hall–Kier alpha value is -3.45. The van der Waals surface area contributed by atoms with Gasteiger partial charge in [0.15, 0.2) is 0 Å². The molecule has 2 unspecified atom stereocenters. The molecule has 168 valence electrons. The third kappa shape index (κ3) is 3.10. The fraction of sp³-hybridized carbons (Fsp3) is 0.308. The van der Waals surface area contributed by atoms with Gasteiger partial charge in [0, 0.05) is 41.2 Å². The highest BCUT2D eigenvalue weighted by atomic mass is 19.1. The molecular formula is C26H24FN3O3. The summed E-state index contributed by atoms with van der Waals surface area (Å²) in [5.41, 5.74) is 2.83. The molecule has 0 saturated carbocycles. The van der Waals surface area contributed by atoms with Gasteiger partial charge in [-0.25, -0.2) is 4.39 Å². The van der Waals surface area contributed by atoms with E-state index in [2.05, 4.69) is 22.1 Å². The molecule has 0 bridgehead atoms. The zero-order valence-corrected chi connectivity index (χ0v) is 18.3. The number of halogens is 1. The van der Waals surface area contributed by atoms with Gasteiger partial charge in [-0.05, 0) is 44.0 Å². The van der Waals surface area contributed by atoms with Crippen molar-refractivity contribution in [3.05, 3.63) is 65.1 Å². The number of ether oxygens (including phenoxy) is 1. The van der Waals surface area contributed by atoms with Crippen molar-refractivity contribution < 1.29 is 18.7 Å². The standard InChI is InChI=1S/C26H24FN3O3/c1-14-12-16(8-10-28-14)30-13-18(17-4-2-3-5-20(17)30)21-23(26(32)29-25(21)31)22-19(27)7-6-15-9-11-33-24(15)22/h2-7,13-14,16,28H,8-12H2,1H3,(H,29,31,32). The molecule has 1 saturated heterocycles. The van der Waals surface area contributed by atoms with E-state index in [1.165, 1.54) is 6.07 Å². The predicted octanol–water partition coefficient (Wildman–Crippen LogP) is 3.60. The average molecular weight is 445 g/mol. The maximum Gasteiger partial charge on any atom is 0.259 e. The molecule has 0 radical (unpaired) electrons. The summed E-state index contributed by atoms with van der Waals surface area (Å²) >= 11 is 0. The summed E-state index contributed by atoms with van der Waals surface area (Å²) in [4.78, 5) is 26.1. The average Bonchev–Trinajstić information content (AvgIpc) is 3.49. The van der Waals surface area contributed by atoms with Gasteiger partial charge < -0.3 is 14.6 Å². The first-order chi connectivity index (χ1) is 16.0. The number of rotatable bonds is 3. The first-order valence-corrected chi connectivity index (χ1v) is 11.4. The van der Waals surface area contributed by atoms with Gasteiger partial charge in [-0.3, -0.25) is 14.9 Å². The van der Waals surface area contributed by atoms with Crippen LogP contribution < -0.4 is 15.4 Å². The largest absolute Gasteiger partial charge is 0.492 e. The SMILES string of the molecule is CC1CC(n2cc(C3=C(c4c(F)ccc5c4OCC5)C(=O)NC3=O)c3ccccc32)CCN1. The summed E-state index contributed by atoms with van der Waals surface area (Å²) in [6, 6.07) is 11.6. The van der Waals surface area contributed by atoms with Gasteiger partial charge in [-0.1, -0.05) is 24.3 Å². The Balaban J connectivity index is 1.61. The van der Waals surface area contributed by atoms with Crippen molar-refractivity contribution in [2.75, 3.05) is 13.2 Å². The third-order valence-electron chi connectivity index (χ3n) is 6.99. The lowest BCUT2D eigenvalue weighted by Gasteiger charge is -2.29. The Labute approximate surface area is 190 Å². The zero-order chi connectivity index (χ0) is 22.7. The van der Waals surface area contributed by atoms with E-state index < -0.39 is 17.6 Å². The van der Waals surface area contributed by atoms with Crippen molar-refractivity contribution in [2.45, 2.75) is 38.3 Å². The number of nitrogens with one attached hydrogen (secondary N) is 2. The van der Waals surface area contributed by atoms with Crippen molar-refractivity contribution >= 4 is 33.9 Å². The number of aromatic nitrogens is 1. The number of piperidine rings is 1. The summed E-state index contributed by atoms with van der Waals surface area (Å²) in [5.74, 6) is -1.30. The number of para-hydroxylation sites is 1. The van der Waals surface area contributed by atoms with Crippen LogP contribution >= 0.6 is 0 Å². The van der Waals surface area contributed by atoms with E-state index in [0.717, 1.165) is 35.9 Å². The van der Waals surface area contributed by atoms with Crippen LogP contribution in [0.1, 0.15) is 42.5 Å². The summed E-state index contributed by atoms with van der Waals surface area (Å²) in [6.45, 7) is 3.51. The Morgan fingerprint density at radius 3 is 2.76 bits per heavy atom. The van der Waals surface area contributed by atoms with Crippen molar-refractivity contribution in [3.8, 4) is 5.75 Å². The van der Waals surface area contributed by atoms with E-state index in [-0.39, 0.29) is 22.8 Å². The van der Waals surface area contributed by atoms with E-state index in [4.69, 9.17) is 4.74 Å². The zero-order valence-electron chi connectivity index (χ0n) is 18.3. The molecule has 2 aromatic carbocycles. The second-order valence-electron chi connectivity index (χ2n) is 9.04. The molecule has 33 heavy (non-hydrogen) atoms. The normalized spacial score (nSPS) is 22.6. The van der Waals surface area contributed by atoms with Gasteiger partial charge >= 0.3 is 0 Å². The maximum atomic E-state index is 15.1. The number of benzene rings is 2. The minimum absolute atomic E-state index is 0.0535. The molecule has 6 nitrogen and oxygen atoms in total. The number of imide groups is 1. The maximum absolute atomic E-state index is 15.1. The van der Waals surface area contributed by atoms with Gasteiger partial charge in [-0.15, -0.1) is 0 Å². The van der Waals surface area contributed by atoms with Crippen LogP contribution in [0.5, 0.6) is 5.75 Å². The number of hydrogen-bond acceptors (Lipinski definition) is 4. The Kier molecular flexibility index (Phi) is 4.62. The molecule has 3 aliphatic rings. The summed E-state index contributed by atoms with van der Waals surface area (Å²) < 4.78 is 23.0. The van der Waals surface area contributed by atoms with E-state index in [0.29, 0.717) is 30.4 Å². The van der Waals surface area contributed by atoms with Crippen LogP contribution in [0, 0.1) is 5.82 Å². The molecule has 1 aromatic heterocycles. The minimum Gasteiger partial charge on any atom is -0.492 e. The molecule has 0 aliphatic carbocycles.